The molecule has 0 heterocycles. The minimum Gasteiger partial charge on any atom is -0.390 e. The van der Waals surface area contributed by atoms with Gasteiger partial charge in [-0.15, -0.1) is 0 Å². The van der Waals surface area contributed by atoms with E-state index in [1.807, 2.05) is 0 Å². The number of nitrogens with one attached hydrogen (secondary N) is 1. The number of aliphatic hydroxyl groups is 2. The highest BCUT2D eigenvalue weighted by atomic mass is 19.1. The van der Waals surface area contributed by atoms with Crippen LogP contribution in [-0.4, -0.2) is 35.1 Å². The van der Waals surface area contributed by atoms with Crippen LogP contribution in [0.5, 0.6) is 0 Å². The highest BCUT2D eigenvalue weighted by molar-refractivity contribution is 5.75. The van der Waals surface area contributed by atoms with Crippen LogP contribution >= 0.6 is 0 Å². The molecule has 1 aromatic carbocycles. The number of aldehydes is 1. The predicted molar refractivity (Wildman–Crippen MR) is 66.1 cm³/mol. The second kappa shape index (κ2) is 6.96. The number of hydrogen-bond donors (Lipinski definition) is 3. The average Bonchev–Trinajstić information content (AvgIpc) is 2.38. The minimum absolute atomic E-state index is 0.147. The first-order chi connectivity index (χ1) is 8.95. The molecule has 1 aromatic rings. The molecule has 5 nitrogen and oxygen atoms in total. The molecule has 19 heavy (non-hydrogen) atoms. The molecular formula is C13H16FNO4. The van der Waals surface area contributed by atoms with Gasteiger partial charge in [0, 0.05) is 13.5 Å². The van der Waals surface area contributed by atoms with E-state index in [9.17, 15) is 24.2 Å². The fraction of sp³-hybridized carbons (Fsp3) is 0.385. The van der Waals surface area contributed by atoms with Crippen molar-refractivity contribution in [2.75, 3.05) is 6.54 Å². The molecule has 0 bridgehead atoms. The minimum atomic E-state index is -1.24. The predicted octanol–water partition coefficient (Wildman–Crippen LogP) is 0.559. The monoisotopic (exact) mass is 269 g/mol. The quantitative estimate of drug-likeness (QED) is 0.658. The van der Waals surface area contributed by atoms with E-state index in [0.717, 1.165) is 6.07 Å². The largest absolute Gasteiger partial charge is 0.390 e. The van der Waals surface area contributed by atoms with Crippen LogP contribution in [-0.2, 0) is 4.79 Å². The second-order valence-corrected chi connectivity index (χ2v) is 4.18. The zero-order valence-electron chi connectivity index (χ0n) is 10.5. The molecule has 0 aliphatic heterocycles. The third kappa shape index (κ3) is 4.42. The van der Waals surface area contributed by atoms with Gasteiger partial charge < -0.3 is 15.5 Å². The Morgan fingerprint density at radius 3 is 2.74 bits per heavy atom. The Morgan fingerprint density at radius 1 is 1.47 bits per heavy atom. The molecule has 1 amide bonds. The molecule has 2 unspecified atom stereocenters. The molecule has 0 fully saturated rings. The molecule has 2 atom stereocenters. The van der Waals surface area contributed by atoms with Crippen LogP contribution in [0.25, 0.3) is 0 Å². The Balaban J connectivity index is 2.68. The van der Waals surface area contributed by atoms with Gasteiger partial charge in [0.05, 0.1) is 11.7 Å². The Kier molecular flexibility index (Phi) is 5.59. The van der Waals surface area contributed by atoms with Crippen molar-refractivity contribution in [2.24, 2.45) is 0 Å². The van der Waals surface area contributed by atoms with Gasteiger partial charge in [-0.2, -0.15) is 0 Å². The number of halogens is 1. The molecule has 0 spiro atoms. The Morgan fingerprint density at radius 2 is 2.16 bits per heavy atom. The van der Waals surface area contributed by atoms with E-state index in [1.165, 1.54) is 19.1 Å². The van der Waals surface area contributed by atoms with Crippen molar-refractivity contribution in [2.45, 2.75) is 25.6 Å². The van der Waals surface area contributed by atoms with Crippen LogP contribution in [0.2, 0.25) is 0 Å². The van der Waals surface area contributed by atoms with Gasteiger partial charge in [0.2, 0.25) is 5.91 Å². The first-order valence-corrected chi connectivity index (χ1v) is 5.81. The van der Waals surface area contributed by atoms with Gasteiger partial charge in [0.15, 0.2) is 6.29 Å². The molecule has 0 radical (unpaired) electrons. The topological polar surface area (TPSA) is 86.6 Å². The maximum atomic E-state index is 13.1. The van der Waals surface area contributed by atoms with Crippen LogP contribution in [0.4, 0.5) is 4.39 Å². The molecule has 6 heteroatoms. The van der Waals surface area contributed by atoms with Crippen molar-refractivity contribution < 1.29 is 24.2 Å². The highest BCUT2D eigenvalue weighted by Gasteiger charge is 2.19. The van der Waals surface area contributed by atoms with Gasteiger partial charge in [-0.05, 0) is 24.1 Å². The number of rotatable bonds is 6. The number of hydrogen-bond acceptors (Lipinski definition) is 4. The molecule has 0 saturated heterocycles. The number of aliphatic hydroxyl groups excluding tert-OH is 2. The first kappa shape index (κ1) is 15.3. The van der Waals surface area contributed by atoms with E-state index < -0.39 is 18.0 Å². The smallest absolute Gasteiger partial charge is 0.216 e. The summed E-state index contributed by atoms with van der Waals surface area (Å²) >= 11 is 0. The normalized spacial score (nSPS) is 13.7. The lowest BCUT2D eigenvalue weighted by Crippen LogP contribution is -2.27. The van der Waals surface area contributed by atoms with Crippen LogP contribution in [0.15, 0.2) is 18.2 Å². The molecule has 0 aliphatic rings. The summed E-state index contributed by atoms with van der Waals surface area (Å²) in [5, 5.41) is 22.1. The summed E-state index contributed by atoms with van der Waals surface area (Å²) in [6.07, 6.45) is -1.87. The maximum Gasteiger partial charge on any atom is 0.216 e. The van der Waals surface area contributed by atoms with E-state index >= 15 is 0 Å². The zero-order valence-corrected chi connectivity index (χ0v) is 10.5. The standard InChI is InChI=1S/C13H16FNO4/c1-8(17)15-5-4-12(18)13(19)9-2-3-11(14)10(6-9)7-16/h2-3,6-7,12-13,18-19H,4-5H2,1H3,(H,15,17). The van der Waals surface area contributed by atoms with Crippen LogP contribution < -0.4 is 5.32 Å². The third-order valence-electron chi connectivity index (χ3n) is 2.67. The first-order valence-electron chi connectivity index (χ1n) is 5.81. The van der Waals surface area contributed by atoms with Gasteiger partial charge in [-0.25, -0.2) is 4.39 Å². The SMILES string of the molecule is CC(=O)NCCC(O)C(O)c1ccc(F)c(C=O)c1. The fourth-order valence-electron chi connectivity index (χ4n) is 1.61. The Bertz CT molecular complexity index is 464. The van der Waals surface area contributed by atoms with E-state index in [0.29, 0.717) is 6.29 Å². The highest BCUT2D eigenvalue weighted by Crippen LogP contribution is 2.20. The van der Waals surface area contributed by atoms with E-state index in [1.54, 1.807) is 0 Å². The fourth-order valence-corrected chi connectivity index (χ4v) is 1.61. The van der Waals surface area contributed by atoms with Crippen LogP contribution in [0.1, 0.15) is 35.4 Å². The van der Waals surface area contributed by atoms with Crippen LogP contribution in [0, 0.1) is 5.82 Å². The van der Waals surface area contributed by atoms with Crippen molar-refractivity contribution in [3.63, 3.8) is 0 Å². The number of amides is 1. The molecular weight excluding hydrogens is 253 g/mol. The van der Waals surface area contributed by atoms with Crippen LogP contribution in [0.3, 0.4) is 0 Å². The average molecular weight is 269 g/mol. The van der Waals surface area contributed by atoms with E-state index in [-0.39, 0.29) is 30.0 Å². The number of carbonyl (C=O) groups excluding carboxylic acids is 2. The van der Waals surface area contributed by atoms with Crippen molar-refractivity contribution in [3.05, 3.63) is 35.1 Å². The summed E-state index contributed by atoms with van der Waals surface area (Å²) in [4.78, 5) is 21.2. The van der Waals surface area contributed by atoms with Gasteiger partial charge in [0.25, 0.3) is 0 Å². The molecule has 0 aromatic heterocycles. The van der Waals surface area contributed by atoms with E-state index in [4.69, 9.17) is 0 Å². The van der Waals surface area contributed by atoms with Gasteiger partial charge in [-0.1, -0.05) is 6.07 Å². The Labute approximate surface area is 110 Å². The molecule has 0 aliphatic carbocycles. The lowest BCUT2D eigenvalue weighted by Gasteiger charge is -2.18. The second-order valence-electron chi connectivity index (χ2n) is 4.18. The summed E-state index contributed by atoms with van der Waals surface area (Å²) in [6.45, 7) is 1.56. The Hall–Kier alpha value is -1.79. The van der Waals surface area contributed by atoms with Crippen molar-refractivity contribution in [3.8, 4) is 0 Å². The van der Waals surface area contributed by atoms with Crippen molar-refractivity contribution >= 4 is 12.2 Å². The summed E-state index contributed by atoms with van der Waals surface area (Å²) in [5.41, 5.74) is 0.0736. The maximum absolute atomic E-state index is 13.1. The van der Waals surface area contributed by atoms with Crippen molar-refractivity contribution in [1.82, 2.24) is 5.32 Å². The van der Waals surface area contributed by atoms with Gasteiger partial charge in [0.1, 0.15) is 11.9 Å². The van der Waals surface area contributed by atoms with E-state index in [2.05, 4.69) is 5.32 Å². The molecule has 0 saturated carbocycles. The van der Waals surface area contributed by atoms with Crippen molar-refractivity contribution in [1.29, 1.82) is 0 Å². The molecule has 3 N–H and O–H groups in total. The molecule has 104 valence electrons. The lowest BCUT2D eigenvalue weighted by atomic mass is 10.00. The third-order valence-corrected chi connectivity index (χ3v) is 2.67. The lowest BCUT2D eigenvalue weighted by molar-refractivity contribution is -0.119. The summed E-state index contributed by atoms with van der Waals surface area (Å²) in [6, 6.07) is 3.55. The number of carbonyl (C=O) groups is 2. The summed E-state index contributed by atoms with van der Waals surface area (Å²) in [7, 11) is 0. The summed E-state index contributed by atoms with van der Waals surface area (Å²) < 4.78 is 13.1. The summed E-state index contributed by atoms with van der Waals surface area (Å²) in [5.74, 6) is -0.912. The van der Waals surface area contributed by atoms with Gasteiger partial charge in [-0.3, -0.25) is 9.59 Å². The van der Waals surface area contributed by atoms with Gasteiger partial charge >= 0.3 is 0 Å². The number of benzene rings is 1. The molecule has 1 rings (SSSR count). The zero-order chi connectivity index (χ0) is 14.4.